The normalized spacial score (nSPS) is 19.5. The van der Waals surface area contributed by atoms with Crippen LogP contribution < -0.4 is 4.90 Å². The second-order valence-corrected chi connectivity index (χ2v) is 6.79. The van der Waals surface area contributed by atoms with Crippen LogP contribution in [-0.2, 0) is 16.0 Å². The molecule has 0 aliphatic carbocycles. The summed E-state index contributed by atoms with van der Waals surface area (Å²) >= 11 is 0. The molecule has 0 radical (unpaired) electrons. The van der Waals surface area contributed by atoms with Gasteiger partial charge < -0.3 is 9.80 Å². The van der Waals surface area contributed by atoms with Gasteiger partial charge in [-0.05, 0) is 30.5 Å². The zero-order chi connectivity index (χ0) is 17.2. The molecule has 0 saturated carbocycles. The van der Waals surface area contributed by atoms with Crippen LogP contribution >= 0.6 is 0 Å². The van der Waals surface area contributed by atoms with Crippen molar-refractivity contribution < 1.29 is 9.59 Å². The van der Waals surface area contributed by atoms with Crippen molar-refractivity contribution >= 4 is 17.5 Å². The number of nitrogens with zero attached hydrogens (tertiary/aromatic N) is 3. The van der Waals surface area contributed by atoms with Gasteiger partial charge in [0.25, 0.3) is 0 Å². The zero-order valence-electron chi connectivity index (χ0n) is 14.1. The number of rotatable bonds is 5. The Morgan fingerprint density at radius 3 is 2.92 bits per heavy atom. The van der Waals surface area contributed by atoms with Crippen molar-refractivity contribution in [3.05, 3.63) is 47.8 Å². The summed E-state index contributed by atoms with van der Waals surface area (Å²) in [5.41, 5.74) is 3.05. The topological polar surface area (TPSA) is 69.3 Å². The minimum Gasteiger partial charge on any atom is -0.343 e. The van der Waals surface area contributed by atoms with Crippen LogP contribution in [0.25, 0.3) is 0 Å². The minimum atomic E-state index is 0.0800. The molecule has 0 bridgehead atoms. The molecule has 2 aromatic rings. The molecular weight excluding hydrogens is 316 g/mol. The van der Waals surface area contributed by atoms with E-state index in [0.717, 1.165) is 37.3 Å². The molecule has 0 spiro atoms. The van der Waals surface area contributed by atoms with Crippen molar-refractivity contribution in [3.8, 4) is 0 Å². The SMILES string of the molecule is O=C1CCCN1CCC1CN(C(=O)Cc2ccn[nH]2)c2ccccc21. The summed E-state index contributed by atoms with van der Waals surface area (Å²) in [4.78, 5) is 28.4. The molecule has 130 valence electrons. The van der Waals surface area contributed by atoms with E-state index in [2.05, 4.69) is 16.3 Å². The predicted octanol–water partition coefficient (Wildman–Crippen LogP) is 2.10. The van der Waals surface area contributed by atoms with E-state index in [0.29, 0.717) is 19.4 Å². The fourth-order valence-electron chi connectivity index (χ4n) is 3.87. The van der Waals surface area contributed by atoms with Gasteiger partial charge in [-0.2, -0.15) is 5.10 Å². The standard InChI is InChI=1S/C19H22N4O2/c24-18-6-3-10-22(18)11-8-14-13-23(17-5-2-1-4-16(14)17)19(25)12-15-7-9-20-21-15/h1-2,4-5,7,9,14H,3,6,8,10-13H2,(H,20,21). The van der Waals surface area contributed by atoms with E-state index in [9.17, 15) is 9.59 Å². The van der Waals surface area contributed by atoms with E-state index in [1.165, 1.54) is 5.56 Å². The molecule has 1 unspecified atom stereocenters. The van der Waals surface area contributed by atoms with Gasteiger partial charge in [-0.1, -0.05) is 18.2 Å². The highest BCUT2D eigenvalue weighted by Gasteiger charge is 2.32. The van der Waals surface area contributed by atoms with Crippen LogP contribution in [0.4, 0.5) is 5.69 Å². The van der Waals surface area contributed by atoms with Gasteiger partial charge in [0.05, 0.1) is 6.42 Å². The van der Waals surface area contributed by atoms with Crippen LogP contribution in [0, 0.1) is 0 Å². The van der Waals surface area contributed by atoms with Crippen LogP contribution in [0.2, 0.25) is 0 Å². The molecule has 6 heteroatoms. The number of anilines is 1. The number of aromatic amines is 1. The third-order valence-corrected chi connectivity index (χ3v) is 5.19. The Labute approximate surface area is 146 Å². The average molecular weight is 338 g/mol. The summed E-state index contributed by atoms with van der Waals surface area (Å²) in [6, 6.07) is 9.95. The third kappa shape index (κ3) is 3.16. The van der Waals surface area contributed by atoms with Gasteiger partial charge in [0.1, 0.15) is 0 Å². The van der Waals surface area contributed by atoms with Gasteiger partial charge >= 0.3 is 0 Å². The molecule has 4 rings (SSSR count). The number of likely N-dealkylation sites (tertiary alicyclic amines) is 1. The number of para-hydroxylation sites is 1. The molecule has 1 aromatic heterocycles. The van der Waals surface area contributed by atoms with Gasteiger partial charge in [-0.3, -0.25) is 14.7 Å². The largest absolute Gasteiger partial charge is 0.343 e. The first-order valence-electron chi connectivity index (χ1n) is 8.87. The van der Waals surface area contributed by atoms with E-state index >= 15 is 0 Å². The second-order valence-electron chi connectivity index (χ2n) is 6.79. The van der Waals surface area contributed by atoms with E-state index in [4.69, 9.17) is 0 Å². The van der Waals surface area contributed by atoms with Crippen molar-refractivity contribution in [2.24, 2.45) is 0 Å². The summed E-state index contributed by atoms with van der Waals surface area (Å²) in [6.07, 6.45) is 4.53. The maximum atomic E-state index is 12.7. The predicted molar refractivity (Wildman–Crippen MR) is 94.3 cm³/mol. The maximum absolute atomic E-state index is 12.7. The van der Waals surface area contributed by atoms with Gasteiger partial charge in [0.15, 0.2) is 0 Å². The molecule has 1 aromatic carbocycles. The molecular formula is C19H22N4O2. The van der Waals surface area contributed by atoms with Crippen molar-refractivity contribution in [1.82, 2.24) is 15.1 Å². The zero-order valence-corrected chi connectivity index (χ0v) is 14.1. The Balaban J connectivity index is 1.47. The van der Waals surface area contributed by atoms with Gasteiger partial charge in [-0.15, -0.1) is 0 Å². The van der Waals surface area contributed by atoms with E-state index in [1.54, 1.807) is 6.20 Å². The van der Waals surface area contributed by atoms with Crippen LogP contribution in [0.3, 0.4) is 0 Å². The number of nitrogens with one attached hydrogen (secondary N) is 1. The van der Waals surface area contributed by atoms with Crippen molar-refractivity contribution in [2.45, 2.75) is 31.6 Å². The minimum absolute atomic E-state index is 0.0800. The molecule has 2 aliphatic rings. The molecule has 1 saturated heterocycles. The number of hydrogen-bond acceptors (Lipinski definition) is 3. The molecule has 6 nitrogen and oxygen atoms in total. The van der Waals surface area contributed by atoms with Crippen LogP contribution in [0.15, 0.2) is 36.5 Å². The maximum Gasteiger partial charge on any atom is 0.233 e. The number of benzene rings is 1. The monoisotopic (exact) mass is 338 g/mol. The van der Waals surface area contributed by atoms with Crippen LogP contribution in [0.1, 0.15) is 36.4 Å². The van der Waals surface area contributed by atoms with E-state index in [-0.39, 0.29) is 17.7 Å². The number of amides is 2. The molecule has 1 N–H and O–H groups in total. The number of carbonyl (C=O) groups is 2. The van der Waals surface area contributed by atoms with Crippen LogP contribution in [0.5, 0.6) is 0 Å². The Morgan fingerprint density at radius 2 is 2.16 bits per heavy atom. The second kappa shape index (κ2) is 6.70. The van der Waals surface area contributed by atoms with Gasteiger partial charge in [0, 0.05) is 49.6 Å². The summed E-state index contributed by atoms with van der Waals surface area (Å²) in [5, 5.41) is 6.76. The molecule has 1 atom stereocenters. The molecule has 3 heterocycles. The van der Waals surface area contributed by atoms with Crippen molar-refractivity contribution in [2.75, 3.05) is 24.5 Å². The molecule has 2 aliphatic heterocycles. The first-order valence-corrected chi connectivity index (χ1v) is 8.87. The lowest BCUT2D eigenvalue weighted by Crippen LogP contribution is -2.32. The number of H-pyrrole nitrogens is 1. The number of fused-ring (bicyclic) bond motifs is 1. The quantitative estimate of drug-likeness (QED) is 0.908. The fourth-order valence-corrected chi connectivity index (χ4v) is 3.87. The number of hydrogen-bond donors (Lipinski definition) is 1. The van der Waals surface area contributed by atoms with Crippen molar-refractivity contribution in [3.63, 3.8) is 0 Å². The Kier molecular flexibility index (Phi) is 4.26. The Hall–Kier alpha value is -2.63. The van der Waals surface area contributed by atoms with Crippen molar-refractivity contribution in [1.29, 1.82) is 0 Å². The Bertz CT molecular complexity index is 771. The van der Waals surface area contributed by atoms with E-state index in [1.807, 2.05) is 34.1 Å². The Morgan fingerprint density at radius 1 is 1.28 bits per heavy atom. The van der Waals surface area contributed by atoms with Crippen LogP contribution in [-0.4, -0.2) is 46.5 Å². The number of aromatic nitrogens is 2. The lowest BCUT2D eigenvalue weighted by Gasteiger charge is -2.20. The average Bonchev–Trinajstić information content (AvgIpc) is 3.34. The summed E-state index contributed by atoms with van der Waals surface area (Å²) in [5.74, 6) is 0.630. The smallest absolute Gasteiger partial charge is 0.233 e. The van der Waals surface area contributed by atoms with E-state index < -0.39 is 0 Å². The summed E-state index contributed by atoms with van der Waals surface area (Å²) in [6.45, 7) is 2.34. The van der Waals surface area contributed by atoms with Gasteiger partial charge in [0.2, 0.25) is 11.8 Å². The fraction of sp³-hybridized carbons (Fsp3) is 0.421. The highest BCUT2D eigenvalue weighted by molar-refractivity contribution is 5.97. The molecule has 1 fully saturated rings. The molecule has 25 heavy (non-hydrogen) atoms. The highest BCUT2D eigenvalue weighted by Crippen LogP contribution is 2.38. The lowest BCUT2D eigenvalue weighted by molar-refractivity contribution is -0.127. The summed E-state index contributed by atoms with van der Waals surface area (Å²) < 4.78 is 0. The number of carbonyl (C=O) groups excluding carboxylic acids is 2. The third-order valence-electron chi connectivity index (χ3n) is 5.19. The highest BCUT2D eigenvalue weighted by atomic mass is 16.2. The summed E-state index contributed by atoms with van der Waals surface area (Å²) in [7, 11) is 0. The molecule has 2 amide bonds. The first-order chi connectivity index (χ1) is 12.2. The first kappa shape index (κ1) is 15.9. The lowest BCUT2D eigenvalue weighted by atomic mass is 9.98. The van der Waals surface area contributed by atoms with Gasteiger partial charge in [-0.25, -0.2) is 0 Å².